The predicted octanol–water partition coefficient (Wildman–Crippen LogP) is 2.54. The van der Waals surface area contributed by atoms with Crippen molar-refractivity contribution < 1.29 is 0 Å². The maximum atomic E-state index is 4.38. The molecule has 0 bridgehead atoms. The van der Waals surface area contributed by atoms with Crippen molar-refractivity contribution in [2.45, 2.75) is 18.9 Å². The van der Waals surface area contributed by atoms with Gasteiger partial charge in [0.1, 0.15) is 5.82 Å². The second-order valence-corrected chi connectivity index (χ2v) is 5.14. The fraction of sp³-hybridized carbons (Fsp3) is 0.286. The number of anilines is 1. The van der Waals surface area contributed by atoms with E-state index in [1.807, 2.05) is 17.9 Å². The van der Waals surface area contributed by atoms with Gasteiger partial charge in [-0.2, -0.15) is 5.10 Å². The van der Waals surface area contributed by atoms with E-state index in [4.69, 9.17) is 0 Å². The third-order valence-electron chi connectivity index (χ3n) is 3.54. The van der Waals surface area contributed by atoms with E-state index >= 15 is 0 Å². The molecule has 1 saturated carbocycles. The SMILES string of the molecule is Cn1cnc2cc(-c3cc(NC4CC4)n[nH]3)ccc21. The lowest BCUT2D eigenvalue weighted by Crippen LogP contribution is -2.00. The van der Waals surface area contributed by atoms with E-state index in [0.717, 1.165) is 28.1 Å². The molecule has 2 heterocycles. The lowest BCUT2D eigenvalue weighted by Gasteiger charge is -1.98. The van der Waals surface area contributed by atoms with Crippen LogP contribution in [-0.4, -0.2) is 25.8 Å². The van der Waals surface area contributed by atoms with Gasteiger partial charge in [-0.05, 0) is 25.0 Å². The number of aryl methyl sites for hydroxylation is 1. The van der Waals surface area contributed by atoms with Crippen LogP contribution in [0, 0.1) is 0 Å². The van der Waals surface area contributed by atoms with Crippen LogP contribution in [0.4, 0.5) is 5.82 Å². The van der Waals surface area contributed by atoms with Gasteiger partial charge in [-0.15, -0.1) is 0 Å². The Bertz CT molecular complexity index is 735. The zero-order valence-corrected chi connectivity index (χ0v) is 10.7. The van der Waals surface area contributed by atoms with E-state index in [9.17, 15) is 0 Å². The van der Waals surface area contributed by atoms with Gasteiger partial charge in [-0.3, -0.25) is 5.10 Å². The van der Waals surface area contributed by atoms with Crippen molar-refractivity contribution in [3.8, 4) is 11.3 Å². The van der Waals surface area contributed by atoms with Crippen LogP contribution in [0.3, 0.4) is 0 Å². The smallest absolute Gasteiger partial charge is 0.148 e. The molecule has 0 spiro atoms. The zero-order valence-electron chi connectivity index (χ0n) is 10.7. The summed E-state index contributed by atoms with van der Waals surface area (Å²) < 4.78 is 2.02. The quantitative estimate of drug-likeness (QED) is 0.754. The average Bonchev–Trinajstić information content (AvgIpc) is 2.97. The summed E-state index contributed by atoms with van der Waals surface area (Å²) in [5.74, 6) is 0.929. The molecule has 0 saturated heterocycles. The van der Waals surface area contributed by atoms with E-state index in [2.05, 4.69) is 44.8 Å². The number of hydrogen-bond donors (Lipinski definition) is 2. The number of fused-ring (bicyclic) bond motifs is 1. The van der Waals surface area contributed by atoms with E-state index in [1.165, 1.54) is 12.8 Å². The van der Waals surface area contributed by atoms with Crippen molar-refractivity contribution in [3.05, 3.63) is 30.6 Å². The maximum Gasteiger partial charge on any atom is 0.148 e. The Morgan fingerprint density at radius 1 is 1.32 bits per heavy atom. The van der Waals surface area contributed by atoms with Gasteiger partial charge in [0.25, 0.3) is 0 Å². The highest BCUT2D eigenvalue weighted by atomic mass is 15.2. The van der Waals surface area contributed by atoms with E-state index in [-0.39, 0.29) is 0 Å². The Morgan fingerprint density at radius 3 is 3.05 bits per heavy atom. The number of hydrogen-bond acceptors (Lipinski definition) is 3. The van der Waals surface area contributed by atoms with Crippen molar-refractivity contribution in [3.63, 3.8) is 0 Å². The molecule has 1 aliphatic rings. The number of rotatable bonds is 3. The van der Waals surface area contributed by atoms with E-state index in [1.54, 1.807) is 0 Å². The molecule has 19 heavy (non-hydrogen) atoms. The minimum Gasteiger partial charge on any atom is -0.366 e. The van der Waals surface area contributed by atoms with Crippen LogP contribution in [0.2, 0.25) is 0 Å². The molecule has 5 nitrogen and oxygen atoms in total. The first kappa shape index (κ1) is 10.6. The summed E-state index contributed by atoms with van der Waals surface area (Å²) in [6.07, 6.45) is 4.34. The number of nitrogens with one attached hydrogen (secondary N) is 2. The Labute approximate surface area is 110 Å². The third kappa shape index (κ3) is 1.87. The molecule has 4 rings (SSSR count). The molecular weight excluding hydrogens is 238 g/mol. The van der Waals surface area contributed by atoms with Crippen LogP contribution < -0.4 is 5.32 Å². The zero-order chi connectivity index (χ0) is 12.8. The maximum absolute atomic E-state index is 4.38. The largest absolute Gasteiger partial charge is 0.366 e. The lowest BCUT2D eigenvalue weighted by atomic mass is 10.1. The summed E-state index contributed by atoms with van der Waals surface area (Å²) in [6.45, 7) is 0. The summed E-state index contributed by atoms with van der Waals surface area (Å²) in [5.41, 5.74) is 4.28. The minimum atomic E-state index is 0.620. The topological polar surface area (TPSA) is 58.5 Å². The number of imidazole rings is 1. The standard InChI is InChI=1S/C14H15N5/c1-19-8-15-12-6-9(2-5-13(12)19)11-7-14(18-17-11)16-10-3-4-10/h2,5-8,10H,3-4H2,1H3,(H2,16,17,18). The molecule has 0 atom stereocenters. The van der Waals surface area contributed by atoms with Gasteiger partial charge < -0.3 is 9.88 Å². The van der Waals surface area contributed by atoms with Crippen molar-refractivity contribution in [1.29, 1.82) is 0 Å². The molecule has 2 N–H and O–H groups in total. The fourth-order valence-corrected chi connectivity index (χ4v) is 2.28. The fourth-order valence-electron chi connectivity index (χ4n) is 2.28. The van der Waals surface area contributed by atoms with Gasteiger partial charge in [-0.25, -0.2) is 4.98 Å². The Morgan fingerprint density at radius 2 is 2.21 bits per heavy atom. The van der Waals surface area contributed by atoms with Gasteiger partial charge in [-0.1, -0.05) is 6.07 Å². The van der Waals surface area contributed by atoms with Crippen LogP contribution >= 0.6 is 0 Å². The molecule has 1 fully saturated rings. The summed E-state index contributed by atoms with van der Waals surface area (Å²) in [4.78, 5) is 4.38. The monoisotopic (exact) mass is 253 g/mol. The molecule has 1 aromatic carbocycles. The van der Waals surface area contributed by atoms with Crippen molar-refractivity contribution in [2.75, 3.05) is 5.32 Å². The number of aromatic nitrogens is 4. The van der Waals surface area contributed by atoms with Gasteiger partial charge >= 0.3 is 0 Å². The first-order chi connectivity index (χ1) is 9.29. The predicted molar refractivity (Wildman–Crippen MR) is 74.9 cm³/mol. The van der Waals surface area contributed by atoms with Gasteiger partial charge in [0.05, 0.1) is 23.1 Å². The first-order valence-electron chi connectivity index (χ1n) is 6.53. The Kier molecular flexibility index (Phi) is 2.15. The molecule has 3 aromatic rings. The molecule has 0 unspecified atom stereocenters. The van der Waals surface area contributed by atoms with E-state index < -0.39 is 0 Å². The van der Waals surface area contributed by atoms with E-state index in [0.29, 0.717) is 6.04 Å². The molecular formula is C14H15N5. The van der Waals surface area contributed by atoms with Gasteiger partial charge in [0.15, 0.2) is 0 Å². The summed E-state index contributed by atoms with van der Waals surface area (Å²) in [7, 11) is 2.00. The number of H-pyrrole nitrogens is 1. The Balaban J connectivity index is 1.70. The molecule has 0 radical (unpaired) electrons. The molecule has 5 heteroatoms. The summed E-state index contributed by atoms with van der Waals surface area (Å²) in [6, 6.07) is 8.95. The highest BCUT2D eigenvalue weighted by molar-refractivity contribution is 5.81. The van der Waals surface area contributed by atoms with Crippen molar-refractivity contribution in [1.82, 2.24) is 19.7 Å². The van der Waals surface area contributed by atoms with Crippen LogP contribution in [0.1, 0.15) is 12.8 Å². The van der Waals surface area contributed by atoms with Crippen LogP contribution in [0.5, 0.6) is 0 Å². The van der Waals surface area contributed by atoms with Gasteiger partial charge in [0.2, 0.25) is 0 Å². The number of nitrogens with zero attached hydrogens (tertiary/aromatic N) is 3. The Hall–Kier alpha value is -2.30. The molecule has 96 valence electrons. The summed E-state index contributed by atoms with van der Waals surface area (Å²) in [5, 5.41) is 10.8. The molecule has 2 aromatic heterocycles. The minimum absolute atomic E-state index is 0.620. The second-order valence-electron chi connectivity index (χ2n) is 5.14. The first-order valence-corrected chi connectivity index (χ1v) is 6.53. The van der Waals surface area contributed by atoms with Crippen molar-refractivity contribution in [2.24, 2.45) is 7.05 Å². The normalized spacial score (nSPS) is 15.0. The highest BCUT2D eigenvalue weighted by Gasteiger charge is 2.21. The lowest BCUT2D eigenvalue weighted by molar-refractivity contribution is 0.948. The molecule has 0 aliphatic heterocycles. The van der Waals surface area contributed by atoms with Crippen LogP contribution in [0.15, 0.2) is 30.6 Å². The average molecular weight is 253 g/mol. The van der Waals surface area contributed by atoms with Gasteiger partial charge in [0, 0.05) is 24.7 Å². The van der Waals surface area contributed by atoms with Crippen LogP contribution in [-0.2, 0) is 7.05 Å². The number of benzene rings is 1. The molecule has 1 aliphatic carbocycles. The third-order valence-corrected chi connectivity index (χ3v) is 3.54. The summed E-state index contributed by atoms with van der Waals surface area (Å²) >= 11 is 0. The highest BCUT2D eigenvalue weighted by Crippen LogP contribution is 2.27. The number of aromatic amines is 1. The van der Waals surface area contributed by atoms with Crippen molar-refractivity contribution >= 4 is 16.9 Å². The van der Waals surface area contributed by atoms with Crippen LogP contribution in [0.25, 0.3) is 22.3 Å². The second kappa shape index (κ2) is 3.85. The molecule has 0 amide bonds.